The molecule has 1 heteroatoms. The maximum atomic E-state index is 6.18. The van der Waals surface area contributed by atoms with Gasteiger partial charge in [-0.15, -0.1) is 0 Å². The van der Waals surface area contributed by atoms with Crippen LogP contribution in [0.3, 0.4) is 0 Å². The molecule has 3 rings (SSSR count). The Kier molecular flexibility index (Phi) is 2.09. The lowest BCUT2D eigenvalue weighted by molar-refractivity contribution is -0.0307. The van der Waals surface area contributed by atoms with Gasteiger partial charge in [0.05, 0.1) is 23.0 Å². The fraction of sp³-hybridized carbons (Fsp3) is 0.533. The second-order valence-electron chi connectivity index (χ2n) is 5.58. The smallest absolute Gasteiger partial charge is 0.138 e. The van der Waals surface area contributed by atoms with E-state index in [1.165, 1.54) is 17.0 Å². The van der Waals surface area contributed by atoms with Gasteiger partial charge in [-0.1, -0.05) is 0 Å². The zero-order valence-corrected chi connectivity index (χ0v) is 10.3. The van der Waals surface area contributed by atoms with Crippen LogP contribution in [0.5, 0.6) is 0 Å². The average Bonchev–Trinajstić information content (AvgIpc) is 2.50. The SMILES string of the molecule is CC1[C+]2c3ccccc3CCC2OC1(C)C. The Morgan fingerprint density at radius 2 is 2.06 bits per heavy atom. The van der Waals surface area contributed by atoms with Crippen molar-refractivity contribution in [1.82, 2.24) is 0 Å². The molecule has 1 aromatic rings. The number of fused-ring (bicyclic) bond motifs is 3. The number of ether oxygens (including phenoxy) is 1. The molecule has 1 fully saturated rings. The van der Waals surface area contributed by atoms with Crippen molar-refractivity contribution >= 4 is 0 Å². The van der Waals surface area contributed by atoms with Crippen LogP contribution < -0.4 is 0 Å². The van der Waals surface area contributed by atoms with Crippen molar-refractivity contribution in [1.29, 1.82) is 0 Å². The Bertz CT molecular complexity index is 408. The first-order valence-corrected chi connectivity index (χ1v) is 6.22. The maximum absolute atomic E-state index is 6.18. The van der Waals surface area contributed by atoms with Crippen molar-refractivity contribution in [2.24, 2.45) is 5.92 Å². The van der Waals surface area contributed by atoms with Crippen molar-refractivity contribution in [3.63, 3.8) is 0 Å². The molecule has 16 heavy (non-hydrogen) atoms. The van der Waals surface area contributed by atoms with Crippen LogP contribution in [0.15, 0.2) is 24.3 Å². The summed E-state index contributed by atoms with van der Waals surface area (Å²) in [5.41, 5.74) is 2.95. The highest BCUT2D eigenvalue weighted by Crippen LogP contribution is 2.49. The van der Waals surface area contributed by atoms with Crippen LogP contribution in [0, 0.1) is 11.8 Å². The van der Waals surface area contributed by atoms with Crippen LogP contribution >= 0.6 is 0 Å². The monoisotopic (exact) mass is 215 g/mol. The number of aryl methyl sites for hydroxylation is 1. The zero-order valence-electron chi connectivity index (χ0n) is 10.3. The van der Waals surface area contributed by atoms with Gasteiger partial charge in [0.1, 0.15) is 11.7 Å². The van der Waals surface area contributed by atoms with Crippen LogP contribution in [-0.4, -0.2) is 11.7 Å². The van der Waals surface area contributed by atoms with Gasteiger partial charge in [-0.05, 0) is 39.0 Å². The standard InChI is InChI=1S/C15H19O/c1-10-14-12-7-5-4-6-11(12)8-9-13(14)16-15(10,2)3/h4-7,10,13H,8-9H2,1-3H3/q+1. The summed E-state index contributed by atoms with van der Waals surface area (Å²) in [7, 11) is 0. The van der Waals surface area contributed by atoms with E-state index in [0.29, 0.717) is 12.0 Å². The molecule has 0 N–H and O–H groups in total. The summed E-state index contributed by atoms with van der Waals surface area (Å²) in [4.78, 5) is 0. The molecule has 0 aromatic heterocycles. The quantitative estimate of drug-likeness (QED) is 0.603. The van der Waals surface area contributed by atoms with E-state index in [-0.39, 0.29) is 5.60 Å². The minimum Gasteiger partial charge on any atom is -0.353 e. The van der Waals surface area contributed by atoms with E-state index in [9.17, 15) is 0 Å². The normalized spacial score (nSPS) is 31.1. The summed E-state index contributed by atoms with van der Waals surface area (Å²) in [5, 5.41) is 0. The highest BCUT2D eigenvalue weighted by molar-refractivity contribution is 5.46. The molecule has 1 nitrogen and oxygen atoms in total. The van der Waals surface area contributed by atoms with Gasteiger partial charge in [0, 0.05) is 18.9 Å². The molecule has 1 aliphatic heterocycles. The van der Waals surface area contributed by atoms with Crippen molar-refractivity contribution in [2.45, 2.75) is 45.3 Å². The van der Waals surface area contributed by atoms with Crippen LogP contribution in [0.1, 0.15) is 38.3 Å². The summed E-state index contributed by atoms with van der Waals surface area (Å²) >= 11 is 0. The fourth-order valence-electron chi connectivity index (χ4n) is 3.11. The van der Waals surface area contributed by atoms with Crippen molar-refractivity contribution in [3.8, 4) is 0 Å². The topological polar surface area (TPSA) is 9.23 Å². The van der Waals surface area contributed by atoms with Gasteiger partial charge in [-0.2, -0.15) is 0 Å². The second-order valence-corrected chi connectivity index (χ2v) is 5.58. The molecule has 0 bridgehead atoms. The molecule has 0 amide bonds. The summed E-state index contributed by atoms with van der Waals surface area (Å²) in [6.45, 7) is 6.73. The van der Waals surface area contributed by atoms with E-state index in [0.717, 1.165) is 12.8 Å². The number of rotatable bonds is 0. The van der Waals surface area contributed by atoms with E-state index in [1.54, 1.807) is 0 Å². The highest BCUT2D eigenvalue weighted by Gasteiger charge is 2.54. The third kappa shape index (κ3) is 1.31. The lowest BCUT2D eigenvalue weighted by Crippen LogP contribution is -2.27. The zero-order chi connectivity index (χ0) is 11.3. The van der Waals surface area contributed by atoms with Crippen molar-refractivity contribution < 1.29 is 4.74 Å². The van der Waals surface area contributed by atoms with E-state index in [2.05, 4.69) is 45.0 Å². The van der Waals surface area contributed by atoms with Crippen molar-refractivity contribution in [2.75, 3.05) is 0 Å². The summed E-state index contributed by atoms with van der Waals surface area (Å²) < 4.78 is 6.18. The molecular formula is C15H19O+. The molecule has 2 aliphatic rings. The molecule has 84 valence electrons. The van der Waals surface area contributed by atoms with Crippen molar-refractivity contribution in [3.05, 3.63) is 41.3 Å². The second kappa shape index (κ2) is 3.27. The lowest BCUT2D eigenvalue weighted by Gasteiger charge is -2.22. The van der Waals surface area contributed by atoms with E-state index in [1.807, 2.05) is 0 Å². The molecule has 0 spiro atoms. The van der Waals surface area contributed by atoms with E-state index in [4.69, 9.17) is 4.74 Å². The Hall–Kier alpha value is -0.950. The predicted octanol–water partition coefficient (Wildman–Crippen LogP) is 3.37. The highest BCUT2D eigenvalue weighted by atomic mass is 16.5. The lowest BCUT2D eigenvalue weighted by atomic mass is 9.73. The van der Waals surface area contributed by atoms with Gasteiger partial charge >= 0.3 is 0 Å². The summed E-state index contributed by atoms with van der Waals surface area (Å²) in [5.74, 6) is 2.06. The van der Waals surface area contributed by atoms with Gasteiger partial charge in [-0.3, -0.25) is 0 Å². The molecule has 0 radical (unpaired) electrons. The Morgan fingerprint density at radius 3 is 2.88 bits per heavy atom. The minimum atomic E-state index is -0.00253. The van der Waals surface area contributed by atoms with Gasteiger partial charge in [0.25, 0.3) is 0 Å². The molecule has 1 aromatic carbocycles. The van der Waals surface area contributed by atoms with E-state index < -0.39 is 0 Å². The average molecular weight is 215 g/mol. The molecule has 2 atom stereocenters. The predicted molar refractivity (Wildman–Crippen MR) is 65.2 cm³/mol. The molecule has 1 heterocycles. The van der Waals surface area contributed by atoms with Crippen LogP contribution in [0.2, 0.25) is 0 Å². The summed E-state index contributed by atoms with van der Waals surface area (Å²) in [6, 6.07) is 8.81. The summed E-state index contributed by atoms with van der Waals surface area (Å²) in [6.07, 6.45) is 2.67. The molecule has 2 unspecified atom stereocenters. The Labute approximate surface area is 97.8 Å². The first-order valence-electron chi connectivity index (χ1n) is 6.22. The molecule has 1 saturated heterocycles. The fourth-order valence-corrected chi connectivity index (χ4v) is 3.11. The molecule has 0 saturated carbocycles. The molecule has 1 aliphatic carbocycles. The molecular weight excluding hydrogens is 196 g/mol. The Balaban J connectivity index is 2.06. The van der Waals surface area contributed by atoms with Crippen LogP contribution in [0.25, 0.3) is 0 Å². The minimum absolute atomic E-state index is 0.00253. The number of benzene rings is 1. The van der Waals surface area contributed by atoms with Gasteiger partial charge in [0.15, 0.2) is 0 Å². The first kappa shape index (κ1) is 10.2. The third-order valence-corrected chi connectivity index (χ3v) is 4.31. The number of hydrogen-bond acceptors (Lipinski definition) is 1. The number of hydrogen-bond donors (Lipinski definition) is 0. The van der Waals surface area contributed by atoms with Crippen LogP contribution in [-0.2, 0) is 11.2 Å². The third-order valence-electron chi connectivity index (χ3n) is 4.31. The Morgan fingerprint density at radius 1 is 1.31 bits per heavy atom. The maximum Gasteiger partial charge on any atom is 0.138 e. The van der Waals surface area contributed by atoms with E-state index >= 15 is 0 Å². The van der Waals surface area contributed by atoms with Gasteiger partial charge < -0.3 is 4.74 Å². The van der Waals surface area contributed by atoms with Crippen LogP contribution in [0.4, 0.5) is 0 Å². The first-order chi connectivity index (χ1) is 7.59. The van der Waals surface area contributed by atoms with Gasteiger partial charge in [-0.25, -0.2) is 0 Å². The van der Waals surface area contributed by atoms with Gasteiger partial charge in [0.2, 0.25) is 0 Å². The largest absolute Gasteiger partial charge is 0.353 e.